The van der Waals surface area contributed by atoms with Crippen molar-refractivity contribution in [3.63, 3.8) is 0 Å². The minimum atomic E-state index is 0. The number of thioether (sulfide) groups is 1. The number of aliphatic imine (C=N–C) groups is 1. The van der Waals surface area contributed by atoms with Crippen molar-refractivity contribution in [1.29, 1.82) is 0 Å². The Hall–Kier alpha value is -0.470. The number of likely N-dealkylation sites (tertiary alicyclic amines) is 1. The maximum absolute atomic E-state index is 4.29. The van der Waals surface area contributed by atoms with E-state index in [-0.39, 0.29) is 24.0 Å². The molecule has 4 nitrogen and oxygen atoms in total. The van der Waals surface area contributed by atoms with E-state index < -0.39 is 0 Å². The van der Waals surface area contributed by atoms with Crippen molar-refractivity contribution < 1.29 is 0 Å². The van der Waals surface area contributed by atoms with E-state index in [2.05, 4.69) is 57.1 Å². The largest absolute Gasteiger partial charge is 0.356 e. The Balaban J connectivity index is 0.00000288. The highest BCUT2D eigenvalue weighted by Crippen LogP contribution is 2.15. The molecule has 1 atom stereocenters. The fourth-order valence-corrected chi connectivity index (χ4v) is 3.25. The summed E-state index contributed by atoms with van der Waals surface area (Å²) in [6.45, 7) is 5.57. The zero-order valence-corrected chi connectivity index (χ0v) is 18.0. The number of guanidine groups is 1. The normalized spacial score (nSPS) is 18.2. The first-order chi connectivity index (χ1) is 11.3. The Morgan fingerprint density at radius 2 is 2.08 bits per heavy atom. The predicted octanol–water partition coefficient (Wildman–Crippen LogP) is 2.70. The Morgan fingerprint density at radius 3 is 2.79 bits per heavy atom. The molecule has 136 valence electrons. The SMILES string of the molecule is CN=C(NCCSC)NCC1CCN(CCc2ccccc2)C1.I. The van der Waals surface area contributed by atoms with Gasteiger partial charge in [-0.25, -0.2) is 0 Å². The maximum atomic E-state index is 4.29. The molecule has 0 spiro atoms. The van der Waals surface area contributed by atoms with Gasteiger partial charge in [-0.1, -0.05) is 30.3 Å². The van der Waals surface area contributed by atoms with Gasteiger partial charge < -0.3 is 15.5 Å². The van der Waals surface area contributed by atoms with E-state index in [9.17, 15) is 0 Å². The molecule has 6 heteroatoms. The third kappa shape index (κ3) is 8.07. The van der Waals surface area contributed by atoms with Gasteiger partial charge in [-0.3, -0.25) is 4.99 Å². The van der Waals surface area contributed by atoms with Gasteiger partial charge in [0.05, 0.1) is 0 Å². The zero-order chi connectivity index (χ0) is 16.3. The smallest absolute Gasteiger partial charge is 0.191 e. The number of nitrogens with zero attached hydrogens (tertiary/aromatic N) is 2. The molecule has 0 amide bonds. The van der Waals surface area contributed by atoms with E-state index in [4.69, 9.17) is 0 Å². The number of hydrogen-bond acceptors (Lipinski definition) is 3. The number of rotatable bonds is 8. The van der Waals surface area contributed by atoms with Crippen LogP contribution in [0.15, 0.2) is 35.3 Å². The number of benzene rings is 1. The van der Waals surface area contributed by atoms with Crippen LogP contribution in [0.1, 0.15) is 12.0 Å². The highest BCUT2D eigenvalue weighted by atomic mass is 127. The lowest BCUT2D eigenvalue weighted by Gasteiger charge is -2.17. The standard InChI is InChI=1S/C18H30N4S.HI/c1-19-18(20-10-13-23-2)21-14-17-9-12-22(15-17)11-8-16-6-4-3-5-7-16;/h3-7,17H,8-15H2,1-2H3,(H2,19,20,21);1H. The van der Waals surface area contributed by atoms with Crippen molar-refractivity contribution in [3.05, 3.63) is 35.9 Å². The van der Waals surface area contributed by atoms with Crippen molar-refractivity contribution in [1.82, 2.24) is 15.5 Å². The molecule has 0 aromatic heterocycles. The van der Waals surface area contributed by atoms with Gasteiger partial charge in [-0.2, -0.15) is 11.8 Å². The van der Waals surface area contributed by atoms with Crippen LogP contribution in [0.3, 0.4) is 0 Å². The first-order valence-electron chi connectivity index (χ1n) is 8.51. The lowest BCUT2D eigenvalue weighted by atomic mass is 10.1. The second-order valence-corrected chi connectivity index (χ2v) is 7.05. The Bertz CT molecular complexity index is 469. The average molecular weight is 462 g/mol. The van der Waals surface area contributed by atoms with Crippen molar-refractivity contribution in [2.75, 3.05) is 51.8 Å². The minimum Gasteiger partial charge on any atom is -0.356 e. The van der Waals surface area contributed by atoms with Gasteiger partial charge in [0, 0.05) is 39.0 Å². The van der Waals surface area contributed by atoms with Gasteiger partial charge in [-0.05, 0) is 37.1 Å². The van der Waals surface area contributed by atoms with E-state index in [1.165, 1.54) is 31.6 Å². The Labute approximate surface area is 168 Å². The van der Waals surface area contributed by atoms with E-state index in [0.717, 1.165) is 37.1 Å². The van der Waals surface area contributed by atoms with Gasteiger partial charge in [0.15, 0.2) is 5.96 Å². The lowest BCUT2D eigenvalue weighted by molar-refractivity contribution is 0.328. The zero-order valence-electron chi connectivity index (χ0n) is 14.8. The molecule has 2 N–H and O–H groups in total. The molecule has 0 aliphatic carbocycles. The van der Waals surface area contributed by atoms with Gasteiger partial charge in [-0.15, -0.1) is 24.0 Å². The number of nitrogens with one attached hydrogen (secondary N) is 2. The second kappa shape index (κ2) is 12.8. The molecule has 0 radical (unpaired) electrons. The fourth-order valence-electron chi connectivity index (χ4n) is 2.95. The third-order valence-electron chi connectivity index (χ3n) is 4.31. The molecule has 1 aliphatic heterocycles. The molecule has 1 aromatic carbocycles. The van der Waals surface area contributed by atoms with Crippen LogP contribution in [0, 0.1) is 5.92 Å². The molecule has 1 heterocycles. The minimum absolute atomic E-state index is 0. The lowest BCUT2D eigenvalue weighted by Crippen LogP contribution is -2.41. The molecular formula is C18H31IN4S. The molecule has 0 bridgehead atoms. The third-order valence-corrected chi connectivity index (χ3v) is 4.92. The van der Waals surface area contributed by atoms with Crippen LogP contribution >= 0.6 is 35.7 Å². The molecule has 1 aliphatic rings. The van der Waals surface area contributed by atoms with Crippen molar-refractivity contribution >= 4 is 41.7 Å². The summed E-state index contributed by atoms with van der Waals surface area (Å²) >= 11 is 1.85. The average Bonchev–Trinajstić information content (AvgIpc) is 3.05. The summed E-state index contributed by atoms with van der Waals surface area (Å²) in [7, 11) is 1.84. The predicted molar refractivity (Wildman–Crippen MR) is 118 cm³/mol. The van der Waals surface area contributed by atoms with Crippen molar-refractivity contribution in [3.8, 4) is 0 Å². The van der Waals surface area contributed by atoms with E-state index in [1.807, 2.05) is 18.8 Å². The quantitative estimate of drug-likeness (QED) is 0.270. The molecule has 2 rings (SSSR count). The molecule has 1 unspecified atom stereocenters. The summed E-state index contributed by atoms with van der Waals surface area (Å²) in [5.41, 5.74) is 1.44. The summed E-state index contributed by atoms with van der Waals surface area (Å²) in [6, 6.07) is 10.8. The van der Waals surface area contributed by atoms with Crippen LogP contribution < -0.4 is 10.6 Å². The van der Waals surface area contributed by atoms with E-state index in [0.29, 0.717) is 0 Å². The van der Waals surface area contributed by atoms with E-state index >= 15 is 0 Å². The first kappa shape index (κ1) is 21.6. The Morgan fingerprint density at radius 1 is 1.29 bits per heavy atom. The highest BCUT2D eigenvalue weighted by Gasteiger charge is 2.22. The molecule has 1 aromatic rings. The van der Waals surface area contributed by atoms with Crippen LogP contribution in [-0.2, 0) is 6.42 Å². The van der Waals surface area contributed by atoms with Crippen LogP contribution in [0.2, 0.25) is 0 Å². The molecule has 0 saturated carbocycles. The highest BCUT2D eigenvalue weighted by molar-refractivity contribution is 14.0. The molecule has 1 saturated heterocycles. The number of hydrogen-bond donors (Lipinski definition) is 2. The van der Waals surface area contributed by atoms with E-state index in [1.54, 1.807) is 0 Å². The van der Waals surface area contributed by atoms with Crippen LogP contribution in [-0.4, -0.2) is 62.6 Å². The Kier molecular flexibility index (Phi) is 11.5. The van der Waals surface area contributed by atoms with Gasteiger partial charge in [0.2, 0.25) is 0 Å². The fraction of sp³-hybridized carbons (Fsp3) is 0.611. The van der Waals surface area contributed by atoms with Gasteiger partial charge in [0.25, 0.3) is 0 Å². The summed E-state index contributed by atoms with van der Waals surface area (Å²) in [5, 5.41) is 6.82. The summed E-state index contributed by atoms with van der Waals surface area (Å²) < 4.78 is 0. The molecular weight excluding hydrogens is 431 g/mol. The topological polar surface area (TPSA) is 39.7 Å². The number of halogens is 1. The molecule has 1 fully saturated rings. The summed E-state index contributed by atoms with van der Waals surface area (Å²) in [5.74, 6) is 2.77. The van der Waals surface area contributed by atoms with Gasteiger partial charge in [0.1, 0.15) is 0 Å². The summed E-state index contributed by atoms with van der Waals surface area (Å²) in [6.07, 6.45) is 4.56. The monoisotopic (exact) mass is 462 g/mol. The van der Waals surface area contributed by atoms with Crippen molar-refractivity contribution in [2.24, 2.45) is 10.9 Å². The summed E-state index contributed by atoms with van der Waals surface area (Å²) in [4.78, 5) is 6.87. The first-order valence-corrected chi connectivity index (χ1v) is 9.91. The maximum Gasteiger partial charge on any atom is 0.191 e. The van der Waals surface area contributed by atoms with Gasteiger partial charge >= 0.3 is 0 Å². The molecule has 24 heavy (non-hydrogen) atoms. The van der Waals surface area contributed by atoms with Crippen LogP contribution in [0.5, 0.6) is 0 Å². The second-order valence-electron chi connectivity index (χ2n) is 6.06. The van der Waals surface area contributed by atoms with Crippen molar-refractivity contribution in [2.45, 2.75) is 12.8 Å². The van der Waals surface area contributed by atoms with Crippen LogP contribution in [0.25, 0.3) is 0 Å². The van der Waals surface area contributed by atoms with Crippen LogP contribution in [0.4, 0.5) is 0 Å².